The third kappa shape index (κ3) is 4.35. The number of rotatable bonds is 3. The Bertz CT molecular complexity index is 131. The van der Waals surface area contributed by atoms with Gasteiger partial charge in [0.15, 0.2) is 0 Å². The highest BCUT2D eigenvalue weighted by molar-refractivity contribution is 6.25. The van der Waals surface area contributed by atoms with Gasteiger partial charge in [-0.2, -0.15) is 0 Å². The minimum atomic E-state index is -1.07. The van der Waals surface area contributed by atoms with Crippen molar-refractivity contribution >= 4 is 17.6 Å². The van der Waals surface area contributed by atoms with Gasteiger partial charge in [0.05, 0.1) is 0 Å². The van der Waals surface area contributed by atoms with Gasteiger partial charge >= 0.3 is 5.97 Å². The van der Waals surface area contributed by atoms with Crippen molar-refractivity contribution in [2.24, 2.45) is 0 Å². The van der Waals surface area contributed by atoms with Gasteiger partial charge in [0, 0.05) is 5.54 Å². The zero-order chi connectivity index (χ0) is 7.98. The van der Waals surface area contributed by atoms with Gasteiger partial charge in [0.25, 0.3) is 0 Å². The largest absolute Gasteiger partial charge is 0.460 e. The first kappa shape index (κ1) is 9.46. The van der Waals surface area contributed by atoms with Crippen LogP contribution in [0.3, 0.4) is 0 Å². The molecule has 0 aromatic heterocycles. The molecule has 4 heteroatoms. The number of aliphatic hydroxyl groups is 1. The number of aliphatic hydroxyl groups excluding tert-OH is 1. The molecule has 0 aliphatic heterocycles. The van der Waals surface area contributed by atoms with Gasteiger partial charge in [-0.15, -0.1) is 0 Å². The Kier molecular flexibility index (Phi) is 4.98. The molecule has 58 valence electrons. The van der Waals surface area contributed by atoms with E-state index in [9.17, 15) is 4.79 Å². The number of carbonyl (C=O) groups is 1. The lowest BCUT2D eigenvalue weighted by Crippen LogP contribution is -2.19. The molecule has 1 N–H and O–H groups in total. The molecule has 0 aliphatic rings. The molecule has 0 unspecified atom stereocenters. The smallest absolute Gasteiger partial charge is 0.334 e. The Morgan fingerprint density at radius 3 is 2.90 bits per heavy atom. The minimum Gasteiger partial charge on any atom is -0.460 e. The molecule has 0 saturated heterocycles. The lowest BCUT2D eigenvalue weighted by atomic mass is 10.4. The SMILES string of the molecule is C[C@@H](O)C(=O)OC/C=C\Cl. The zero-order valence-corrected chi connectivity index (χ0v) is 6.34. The fraction of sp³-hybridized carbons (Fsp3) is 0.500. The molecule has 0 rings (SSSR count). The maximum atomic E-state index is 10.5. The summed E-state index contributed by atoms with van der Waals surface area (Å²) in [5.74, 6) is -0.644. The van der Waals surface area contributed by atoms with Crippen LogP contribution in [0.4, 0.5) is 0 Å². The molecule has 0 amide bonds. The fourth-order valence-electron chi connectivity index (χ4n) is 0.287. The summed E-state index contributed by atoms with van der Waals surface area (Å²) < 4.78 is 4.48. The predicted octanol–water partition coefficient (Wildman–Crippen LogP) is 0.663. The van der Waals surface area contributed by atoms with E-state index in [0.717, 1.165) is 0 Å². The van der Waals surface area contributed by atoms with Crippen LogP contribution in [0.2, 0.25) is 0 Å². The van der Waals surface area contributed by atoms with Crippen molar-refractivity contribution in [3.8, 4) is 0 Å². The molecule has 0 spiro atoms. The molecule has 0 heterocycles. The van der Waals surface area contributed by atoms with Crippen LogP contribution in [0.15, 0.2) is 11.6 Å². The van der Waals surface area contributed by atoms with Crippen molar-refractivity contribution in [1.29, 1.82) is 0 Å². The summed E-state index contributed by atoms with van der Waals surface area (Å²) in [6.07, 6.45) is 0.394. The summed E-state index contributed by atoms with van der Waals surface area (Å²) >= 11 is 5.13. The number of esters is 1. The predicted molar refractivity (Wildman–Crippen MR) is 37.6 cm³/mol. The molecule has 0 aromatic rings. The van der Waals surface area contributed by atoms with E-state index in [1.165, 1.54) is 18.5 Å². The summed E-state index contributed by atoms with van der Waals surface area (Å²) in [6, 6.07) is 0. The standard InChI is InChI=1S/C6H9ClO3/c1-5(8)6(9)10-4-2-3-7/h2-3,5,8H,4H2,1H3/b3-2-/t5-/m1/s1. The molecule has 0 aliphatic carbocycles. The monoisotopic (exact) mass is 164 g/mol. The van der Waals surface area contributed by atoms with Gasteiger partial charge in [0.2, 0.25) is 0 Å². The van der Waals surface area contributed by atoms with Crippen LogP contribution >= 0.6 is 11.6 Å². The highest BCUT2D eigenvalue weighted by Crippen LogP contribution is 1.87. The first-order chi connectivity index (χ1) is 4.68. The topological polar surface area (TPSA) is 46.5 Å². The highest BCUT2D eigenvalue weighted by atomic mass is 35.5. The minimum absolute atomic E-state index is 0.104. The van der Waals surface area contributed by atoms with Crippen molar-refractivity contribution in [3.63, 3.8) is 0 Å². The van der Waals surface area contributed by atoms with E-state index in [1.54, 1.807) is 0 Å². The van der Waals surface area contributed by atoms with Crippen molar-refractivity contribution in [3.05, 3.63) is 11.6 Å². The summed E-state index contributed by atoms with van der Waals surface area (Å²) in [7, 11) is 0. The Morgan fingerprint density at radius 2 is 2.50 bits per heavy atom. The van der Waals surface area contributed by atoms with Gasteiger partial charge in [-0.05, 0) is 13.0 Å². The second kappa shape index (κ2) is 5.26. The average molecular weight is 165 g/mol. The molecule has 0 bridgehead atoms. The van der Waals surface area contributed by atoms with E-state index >= 15 is 0 Å². The third-order valence-corrected chi connectivity index (χ3v) is 0.930. The first-order valence-electron chi connectivity index (χ1n) is 2.78. The lowest BCUT2D eigenvalue weighted by molar-refractivity contribution is -0.151. The molecule has 0 fully saturated rings. The zero-order valence-electron chi connectivity index (χ0n) is 5.58. The van der Waals surface area contributed by atoms with E-state index < -0.39 is 12.1 Å². The van der Waals surface area contributed by atoms with E-state index in [4.69, 9.17) is 16.7 Å². The third-order valence-electron chi connectivity index (χ3n) is 0.752. The second-order valence-corrected chi connectivity index (χ2v) is 1.92. The molecule has 0 radical (unpaired) electrons. The highest BCUT2D eigenvalue weighted by Gasteiger charge is 2.07. The normalized spacial score (nSPS) is 13.5. The fourth-order valence-corrected chi connectivity index (χ4v) is 0.360. The van der Waals surface area contributed by atoms with Gasteiger partial charge in [-0.3, -0.25) is 0 Å². The van der Waals surface area contributed by atoms with Crippen molar-refractivity contribution in [1.82, 2.24) is 0 Å². The Labute approximate surface area is 64.2 Å². The summed E-state index contributed by atoms with van der Waals surface area (Å²) in [4.78, 5) is 10.5. The summed E-state index contributed by atoms with van der Waals surface area (Å²) in [5, 5.41) is 8.59. The van der Waals surface area contributed by atoms with E-state index in [2.05, 4.69) is 4.74 Å². The van der Waals surface area contributed by atoms with Crippen LogP contribution in [0.5, 0.6) is 0 Å². The Morgan fingerprint density at radius 1 is 1.90 bits per heavy atom. The van der Waals surface area contributed by atoms with Crippen molar-refractivity contribution in [2.75, 3.05) is 6.61 Å². The van der Waals surface area contributed by atoms with Crippen LogP contribution in [-0.4, -0.2) is 23.8 Å². The summed E-state index contributed by atoms with van der Waals surface area (Å²) in [5.41, 5.74) is 1.25. The number of halogens is 1. The van der Waals surface area contributed by atoms with Crippen molar-refractivity contribution < 1.29 is 14.6 Å². The second-order valence-electron chi connectivity index (χ2n) is 1.67. The number of carbonyl (C=O) groups excluding carboxylic acids is 1. The first-order valence-corrected chi connectivity index (χ1v) is 3.22. The van der Waals surface area contributed by atoms with E-state index in [1.807, 2.05) is 0 Å². The molecule has 3 nitrogen and oxygen atoms in total. The van der Waals surface area contributed by atoms with Gasteiger partial charge in [0.1, 0.15) is 12.7 Å². The van der Waals surface area contributed by atoms with Gasteiger partial charge in [-0.1, -0.05) is 11.6 Å². The molecule has 10 heavy (non-hydrogen) atoms. The van der Waals surface area contributed by atoms with Crippen LogP contribution in [-0.2, 0) is 9.53 Å². The maximum absolute atomic E-state index is 10.5. The average Bonchev–Trinajstić information content (AvgIpc) is 1.88. The van der Waals surface area contributed by atoms with Gasteiger partial charge in [-0.25, -0.2) is 4.79 Å². The molecular weight excluding hydrogens is 156 g/mol. The van der Waals surface area contributed by atoms with E-state index in [-0.39, 0.29) is 6.61 Å². The number of hydrogen-bond acceptors (Lipinski definition) is 3. The lowest BCUT2D eigenvalue weighted by Gasteiger charge is -2.01. The maximum Gasteiger partial charge on any atom is 0.334 e. The quantitative estimate of drug-likeness (QED) is 0.624. The Balaban J connectivity index is 3.40. The molecule has 1 atom stereocenters. The Hall–Kier alpha value is -0.540. The van der Waals surface area contributed by atoms with Gasteiger partial charge < -0.3 is 9.84 Å². The number of ether oxygens (including phenoxy) is 1. The van der Waals surface area contributed by atoms with Crippen LogP contribution in [0, 0.1) is 0 Å². The molecule has 0 saturated carbocycles. The number of hydrogen-bond donors (Lipinski definition) is 1. The van der Waals surface area contributed by atoms with E-state index in [0.29, 0.717) is 0 Å². The summed E-state index contributed by atoms with van der Waals surface area (Å²) in [6.45, 7) is 1.44. The molecular formula is C6H9ClO3. The van der Waals surface area contributed by atoms with Crippen LogP contribution in [0.25, 0.3) is 0 Å². The van der Waals surface area contributed by atoms with Crippen LogP contribution < -0.4 is 0 Å². The molecule has 0 aromatic carbocycles. The van der Waals surface area contributed by atoms with Crippen LogP contribution in [0.1, 0.15) is 6.92 Å². The van der Waals surface area contributed by atoms with Crippen molar-refractivity contribution in [2.45, 2.75) is 13.0 Å².